The van der Waals surface area contributed by atoms with Crippen LogP contribution in [0.15, 0.2) is 0 Å². The van der Waals surface area contributed by atoms with Crippen molar-refractivity contribution in [3.8, 4) is 0 Å². The molecule has 5 N–H and O–H groups in total. The average molecular weight is 486 g/mol. The van der Waals surface area contributed by atoms with Gasteiger partial charge in [0.05, 0.1) is 31.0 Å². The van der Waals surface area contributed by atoms with Crippen molar-refractivity contribution in [3.05, 3.63) is 0 Å². The summed E-state index contributed by atoms with van der Waals surface area (Å²) < 4.78 is 23.6. The second kappa shape index (κ2) is 7.12. The van der Waals surface area contributed by atoms with Gasteiger partial charge < -0.3 is 49.4 Å². The molecule has 10 nitrogen and oxygen atoms in total. The lowest BCUT2D eigenvalue weighted by Crippen LogP contribution is -2.80. The van der Waals surface area contributed by atoms with Gasteiger partial charge in [0.2, 0.25) is 0 Å². The summed E-state index contributed by atoms with van der Waals surface area (Å²) in [5.74, 6) is -2.05. The molecule has 5 aliphatic carbocycles. The van der Waals surface area contributed by atoms with Crippen LogP contribution in [0, 0.1) is 34.5 Å². The van der Waals surface area contributed by atoms with Gasteiger partial charge in [0.15, 0.2) is 0 Å². The number of aliphatic hydroxyl groups excluding tert-OH is 3. The molecular formula is C24H39NO9. The van der Waals surface area contributed by atoms with E-state index in [2.05, 4.69) is 4.90 Å². The van der Waals surface area contributed by atoms with Crippen LogP contribution in [-0.4, -0.2) is 133 Å². The van der Waals surface area contributed by atoms with E-state index in [0.29, 0.717) is 19.6 Å². The molecule has 0 aromatic carbocycles. The van der Waals surface area contributed by atoms with Crippen molar-refractivity contribution in [3.63, 3.8) is 0 Å². The Morgan fingerprint density at radius 2 is 1.65 bits per heavy atom. The van der Waals surface area contributed by atoms with E-state index in [1.54, 1.807) is 21.3 Å². The van der Waals surface area contributed by atoms with E-state index in [1.165, 1.54) is 7.11 Å². The smallest absolute Gasteiger partial charge is 0.120 e. The summed E-state index contributed by atoms with van der Waals surface area (Å²) in [4.78, 5) is 2.17. The predicted octanol–water partition coefficient (Wildman–Crippen LogP) is -2.18. The second-order valence-electron chi connectivity index (χ2n) is 12.0. The molecule has 6 aliphatic rings. The van der Waals surface area contributed by atoms with E-state index in [9.17, 15) is 25.5 Å². The van der Waals surface area contributed by atoms with Gasteiger partial charge in [-0.2, -0.15) is 0 Å². The van der Waals surface area contributed by atoms with E-state index < -0.39 is 76.4 Å². The molecule has 7 bridgehead atoms. The van der Waals surface area contributed by atoms with Crippen molar-refractivity contribution < 1.29 is 44.5 Å². The summed E-state index contributed by atoms with van der Waals surface area (Å²) in [7, 11) is 8.24. The summed E-state index contributed by atoms with van der Waals surface area (Å²) in [6.07, 6.45) is -4.96. The second-order valence-corrected chi connectivity index (χ2v) is 12.0. The Kier molecular flexibility index (Phi) is 5.02. The van der Waals surface area contributed by atoms with Crippen LogP contribution in [0.3, 0.4) is 0 Å². The molecule has 6 fully saturated rings. The Balaban J connectivity index is 1.67. The van der Waals surface area contributed by atoms with Crippen LogP contribution in [0.25, 0.3) is 0 Å². The Labute approximate surface area is 199 Å². The molecule has 5 saturated carbocycles. The molecule has 4 unspecified atom stereocenters. The van der Waals surface area contributed by atoms with Crippen LogP contribution >= 0.6 is 0 Å². The maximum absolute atomic E-state index is 12.5. The Bertz CT molecular complexity index is 862. The van der Waals surface area contributed by atoms with E-state index in [-0.39, 0.29) is 18.4 Å². The molecule has 1 aliphatic heterocycles. The third-order valence-electron chi connectivity index (χ3n) is 11.4. The zero-order valence-corrected chi connectivity index (χ0v) is 20.5. The predicted molar refractivity (Wildman–Crippen MR) is 117 cm³/mol. The fraction of sp³-hybridized carbons (Fsp3) is 1.00. The molecule has 0 aromatic rings. The normalized spacial score (nSPS) is 63.9. The molecule has 0 radical (unpaired) electrons. The fourth-order valence-corrected chi connectivity index (χ4v) is 10.9. The van der Waals surface area contributed by atoms with E-state index in [0.717, 1.165) is 0 Å². The number of piperidine rings is 1. The summed E-state index contributed by atoms with van der Waals surface area (Å²) in [6, 6.07) is -0.254. The highest BCUT2D eigenvalue weighted by molar-refractivity contribution is 5.39. The van der Waals surface area contributed by atoms with Gasteiger partial charge in [-0.05, 0) is 19.4 Å². The first-order chi connectivity index (χ1) is 16.1. The lowest BCUT2D eigenvalue weighted by atomic mass is 9.42. The fourth-order valence-electron chi connectivity index (χ4n) is 10.9. The molecular weight excluding hydrogens is 446 g/mol. The van der Waals surface area contributed by atoms with Gasteiger partial charge in [0, 0.05) is 76.0 Å². The minimum Gasteiger partial charge on any atom is -0.392 e. The molecule has 15 atom stereocenters. The summed E-state index contributed by atoms with van der Waals surface area (Å²) in [5, 5.41) is 58.9. The van der Waals surface area contributed by atoms with Crippen LogP contribution in [-0.2, 0) is 18.9 Å². The molecule has 6 rings (SSSR count). The topological polar surface area (TPSA) is 141 Å². The third kappa shape index (κ3) is 2.14. The Hall–Kier alpha value is -0.400. The molecule has 0 amide bonds. The number of methoxy groups -OCH3 is 4. The maximum atomic E-state index is 12.5. The number of aliphatic hydroxyl groups is 5. The highest BCUT2D eigenvalue weighted by atomic mass is 16.5. The SMILES string of the molecule is COC[C@@]12CN(C)C3C4[C@H](OC)C1C3([C@@H](OC)C[C@H]2O)[C@@H]1C[C@@]2(O)[C@H](O)[C@@H]1[C@]4(O)[C@@H](O)[C@@H]2OC. The van der Waals surface area contributed by atoms with Crippen LogP contribution in [0.5, 0.6) is 0 Å². The van der Waals surface area contributed by atoms with Gasteiger partial charge in [-0.1, -0.05) is 0 Å². The molecule has 0 aromatic heterocycles. The zero-order chi connectivity index (χ0) is 24.6. The Morgan fingerprint density at radius 1 is 0.941 bits per heavy atom. The van der Waals surface area contributed by atoms with Crippen LogP contribution in [0.1, 0.15) is 12.8 Å². The highest BCUT2D eigenvalue weighted by Gasteiger charge is 2.90. The Morgan fingerprint density at radius 3 is 2.24 bits per heavy atom. The highest BCUT2D eigenvalue weighted by Crippen LogP contribution is 2.79. The zero-order valence-electron chi connectivity index (χ0n) is 20.5. The number of rotatable bonds is 5. The minimum atomic E-state index is -1.76. The van der Waals surface area contributed by atoms with Gasteiger partial charge in [-0.25, -0.2) is 0 Å². The standard InChI is InChI=1S/C24H39NO9/c1-25-8-21(9-31-2)11(26)6-12(32-3)23-10-7-22(29)18(27)13(10)24(30,19(28)20(22)34-5)14(17(23)25)15(33-4)16(21)23/h10-20,26-30H,6-9H2,1-5H3/t10-,11-,12+,13-,14?,15+,16?,17?,18-,19+,20+,21-,22-,23?,24-/m1/s1. The van der Waals surface area contributed by atoms with Gasteiger partial charge in [-0.15, -0.1) is 0 Å². The molecule has 10 heteroatoms. The number of fused-ring (bicyclic) bond motifs is 2. The minimum absolute atomic E-state index is 0.153. The molecule has 1 saturated heterocycles. The van der Waals surface area contributed by atoms with Crippen LogP contribution < -0.4 is 0 Å². The quantitative estimate of drug-likeness (QED) is 0.292. The van der Waals surface area contributed by atoms with Crippen molar-refractivity contribution in [1.82, 2.24) is 4.90 Å². The van der Waals surface area contributed by atoms with Crippen molar-refractivity contribution in [2.24, 2.45) is 34.5 Å². The first-order valence-corrected chi connectivity index (χ1v) is 12.3. The summed E-state index contributed by atoms with van der Waals surface area (Å²) >= 11 is 0. The largest absolute Gasteiger partial charge is 0.392 e. The van der Waals surface area contributed by atoms with Crippen LogP contribution in [0.4, 0.5) is 0 Å². The first kappa shape index (κ1) is 24.0. The van der Waals surface area contributed by atoms with Gasteiger partial charge in [0.25, 0.3) is 0 Å². The van der Waals surface area contributed by atoms with Gasteiger partial charge in [0.1, 0.15) is 23.4 Å². The first-order valence-electron chi connectivity index (χ1n) is 12.3. The van der Waals surface area contributed by atoms with E-state index in [4.69, 9.17) is 18.9 Å². The van der Waals surface area contributed by atoms with Crippen molar-refractivity contribution in [2.45, 2.75) is 66.7 Å². The summed E-state index contributed by atoms with van der Waals surface area (Å²) in [6.45, 7) is 0.836. The number of nitrogens with zero attached hydrogens (tertiary/aromatic N) is 1. The number of hydrogen-bond acceptors (Lipinski definition) is 10. The number of hydrogen-bond donors (Lipinski definition) is 5. The third-order valence-corrected chi connectivity index (χ3v) is 11.4. The monoisotopic (exact) mass is 485 g/mol. The van der Waals surface area contributed by atoms with Gasteiger partial charge >= 0.3 is 0 Å². The van der Waals surface area contributed by atoms with E-state index in [1.807, 2.05) is 7.05 Å². The molecule has 194 valence electrons. The average Bonchev–Trinajstić information content (AvgIpc) is 3.17. The van der Waals surface area contributed by atoms with Gasteiger partial charge in [-0.3, -0.25) is 0 Å². The number of likely N-dealkylation sites (tertiary alicyclic amines) is 1. The van der Waals surface area contributed by atoms with Crippen LogP contribution in [0.2, 0.25) is 0 Å². The number of ether oxygens (including phenoxy) is 4. The summed E-state index contributed by atoms with van der Waals surface area (Å²) in [5.41, 5.74) is -4.81. The lowest BCUT2D eigenvalue weighted by Gasteiger charge is -2.69. The van der Waals surface area contributed by atoms with Crippen molar-refractivity contribution in [2.75, 3.05) is 48.6 Å². The van der Waals surface area contributed by atoms with Crippen molar-refractivity contribution in [1.29, 1.82) is 0 Å². The van der Waals surface area contributed by atoms with E-state index >= 15 is 0 Å². The molecule has 34 heavy (non-hydrogen) atoms. The van der Waals surface area contributed by atoms with Crippen molar-refractivity contribution >= 4 is 0 Å². The maximum Gasteiger partial charge on any atom is 0.120 e. The molecule has 1 spiro atoms. The molecule has 1 heterocycles. The lowest BCUT2D eigenvalue weighted by molar-refractivity contribution is -0.319.